The molecule has 2 aliphatic heterocycles. The van der Waals surface area contributed by atoms with Crippen LogP contribution in [0.25, 0.3) is 0 Å². The van der Waals surface area contributed by atoms with Crippen LogP contribution in [0.2, 0.25) is 0 Å². The minimum Gasteiger partial charge on any atom is -0.352 e. The molecule has 2 aliphatic rings. The van der Waals surface area contributed by atoms with E-state index in [9.17, 15) is 14.4 Å². The van der Waals surface area contributed by atoms with E-state index < -0.39 is 16.8 Å². The molecule has 0 spiro atoms. The summed E-state index contributed by atoms with van der Waals surface area (Å²) in [6.45, 7) is 9.82. The molecule has 0 bridgehead atoms. The van der Waals surface area contributed by atoms with E-state index in [1.807, 2.05) is 77.1 Å². The Labute approximate surface area is 212 Å². The van der Waals surface area contributed by atoms with Crippen LogP contribution in [0.15, 0.2) is 54.6 Å². The van der Waals surface area contributed by atoms with Crippen molar-refractivity contribution in [1.82, 2.24) is 15.5 Å². The zero-order valence-corrected chi connectivity index (χ0v) is 21.9. The topological polar surface area (TPSA) is 78.5 Å². The molecule has 0 aliphatic carbocycles. The molecule has 7 heteroatoms. The normalized spacial score (nSPS) is 21.9. The molecular formula is C28H35N3O3S. The number of rotatable bonds is 8. The maximum absolute atomic E-state index is 13.6. The van der Waals surface area contributed by atoms with Gasteiger partial charge >= 0.3 is 0 Å². The summed E-state index contributed by atoms with van der Waals surface area (Å²) in [4.78, 5) is 41.7. The predicted molar refractivity (Wildman–Crippen MR) is 140 cm³/mol. The minimum absolute atomic E-state index is 0.0293. The van der Waals surface area contributed by atoms with Gasteiger partial charge in [0.25, 0.3) is 5.91 Å². The Morgan fingerprint density at radius 1 is 1.00 bits per heavy atom. The Morgan fingerprint density at radius 3 is 2.34 bits per heavy atom. The first-order valence-corrected chi connectivity index (χ1v) is 13.2. The molecule has 0 saturated carbocycles. The molecule has 2 aromatic rings. The number of carbonyl (C=O) groups is 3. The second-order valence-corrected chi connectivity index (χ2v) is 12.2. The average molecular weight is 494 g/mol. The molecule has 0 radical (unpaired) electrons. The Balaban J connectivity index is 1.43. The highest BCUT2D eigenvalue weighted by Gasteiger charge is 2.57. The van der Waals surface area contributed by atoms with Crippen molar-refractivity contribution in [2.45, 2.75) is 75.7 Å². The summed E-state index contributed by atoms with van der Waals surface area (Å²) < 4.78 is -0.487. The van der Waals surface area contributed by atoms with Crippen molar-refractivity contribution in [2.24, 2.45) is 5.92 Å². The number of hydrogen-bond donors (Lipinski definition) is 2. The van der Waals surface area contributed by atoms with Crippen molar-refractivity contribution in [3.05, 3.63) is 71.3 Å². The number of carbonyl (C=O) groups excluding carboxylic acids is 3. The Kier molecular flexibility index (Phi) is 7.27. The molecule has 186 valence electrons. The molecule has 2 N–H and O–H groups in total. The highest BCUT2D eigenvalue weighted by molar-refractivity contribution is 8.01. The monoisotopic (exact) mass is 493 g/mol. The number of nitrogens with one attached hydrogen (secondary N) is 2. The van der Waals surface area contributed by atoms with Crippen LogP contribution in [0, 0.1) is 5.92 Å². The van der Waals surface area contributed by atoms with Crippen LogP contribution in [0.4, 0.5) is 0 Å². The van der Waals surface area contributed by atoms with Crippen molar-refractivity contribution in [3.8, 4) is 0 Å². The van der Waals surface area contributed by atoms with E-state index in [4.69, 9.17) is 0 Å². The second kappa shape index (κ2) is 10.1. The largest absolute Gasteiger partial charge is 0.352 e. The van der Waals surface area contributed by atoms with Gasteiger partial charge in [0.05, 0.1) is 0 Å². The molecule has 4 rings (SSSR count). The zero-order chi connectivity index (χ0) is 25.3. The van der Waals surface area contributed by atoms with Gasteiger partial charge in [0.2, 0.25) is 11.8 Å². The lowest BCUT2D eigenvalue weighted by Crippen LogP contribution is -2.58. The minimum atomic E-state index is -0.679. The van der Waals surface area contributed by atoms with Crippen LogP contribution in [0.5, 0.6) is 0 Å². The lowest BCUT2D eigenvalue weighted by atomic mass is 9.97. The number of fused-ring (bicyclic) bond motifs is 3. The van der Waals surface area contributed by atoms with Crippen LogP contribution in [-0.4, -0.2) is 45.5 Å². The molecule has 1 saturated heterocycles. The third kappa shape index (κ3) is 5.10. The highest BCUT2D eigenvalue weighted by atomic mass is 32.2. The third-order valence-corrected chi connectivity index (χ3v) is 8.42. The Morgan fingerprint density at radius 2 is 1.66 bits per heavy atom. The summed E-state index contributed by atoms with van der Waals surface area (Å²) in [5.74, 6) is -0.689. The van der Waals surface area contributed by atoms with Gasteiger partial charge < -0.3 is 15.5 Å². The molecule has 3 amide bonds. The van der Waals surface area contributed by atoms with E-state index in [1.165, 1.54) is 5.56 Å². The molecule has 6 nitrogen and oxygen atoms in total. The van der Waals surface area contributed by atoms with Crippen molar-refractivity contribution < 1.29 is 14.4 Å². The summed E-state index contributed by atoms with van der Waals surface area (Å²) in [6.07, 6.45) is 1.68. The zero-order valence-electron chi connectivity index (χ0n) is 21.1. The maximum Gasteiger partial charge on any atom is 0.256 e. The fourth-order valence-corrected chi connectivity index (χ4v) is 6.59. The van der Waals surface area contributed by atoms with E-state index in [2.05, 4.69) is 22.8 Å². The van der Waals surface area contributed by atoms with Gasteiger partial charge in [-0.15, -0.1) is 11.8 Å². The standard InChI is InChI=1S/C28H35N3O3S/c1-17(2)22(24(32)29-18(3)15-16-19-11-7-6-8-12-19)30-25(33)23-28(4,5)35-27-21-14-10-9-13-20(21)26(34)31(23)27/h6-14,17-18,22-23,27H,15-16H2,1-5H3,(H,29,32)(H,30,33)/t18-,22+,23+,27+/m1/s1. The van der Waals surface area contributed by atoms with Gasteiger partial charge in [-0.3, -0.25) is 14.4 Å². The van der Waals surface area contributed by atoms with Gasteiger partial charge in [-0.25, -0.2) is 0 Å². The average Bonchev–Trinajstić information content (AvgIpc) is 3.25. The quantitative estimate of drug-likeness (QED) is 0.574. The lowest BCUT2D eigenvalue weighted by Gasteiger charge is -2.32. The molecular weight excluding hydrogens is 458 g/mol. The fraction of sp³-hybridized carbons (Fsp3) is 0.464. The highest BCUT2D eigenvalue weighted by Crippen LogP contribution is 2.56. The van der Waals surface area contributed by atoms with Crippen LogP contribution >= 0.6 is 11.8 Å². The molecule has 0 unspecified atom stereocenters. The predicted octanol–water partition coefficient (Wildman–Crippen LogP) is 4.31. The molecule has 35 heavy (non-hydrogen) atoms. The van der Waals surface area contributed by atoms with Gasteiger partial charge in [-0.1, -0.05) is 62.4 Å². The molecule has 0 aromatic heterocycles. The van der Waals surface area contributed by atoms with E-state index >= 15 is 0 Å². The number of aryl methyl sites for hydroxylation is 1. The van der Waals surface area contributed by atoms with E-state index in [0.717, 1.165) is 18.4 Å². The van der Waals surface area contributed by atoms with Crippen LogP contribution in [-0.2, 0) is 16.0 Å². The summed E-state index contributed by atoms with van der Waals surface area (Å²) in [7, 11) is 0. The van der Waals surface area contributed by atoms with Gasteiger partial charge in [-0.2, -0.15) is 0 Å². The van der Waals surface area contributed by atoms with Crippen molar-refractivity contribution in [2.75, 3.05) is 0 Å². The molecule has 1 fully saturated rings. The first kappa shape index (κ1) is 25.3. The summed E-state index contributed by atoms with van der Waals surface area (Å²) in [5.41, 5.74) is 2.84. The Bertz CT molecular complexity index is 1100. The van der Waals surface area contributed by atoms with E-state index in [1.54, 1.807) is 16.7 Å². The summed E-state index contributed by atoms with van der Waals surface area (Å²) in [5, 5.41) is 5.89. The number of nitrogens with zero attached hydrogens (tertiary/aromatic N) is 1. The smallest absolute Gasteiger partial charge is 0.256 e. The first-order chi connectivity index (χ1) is 16.6. The maximum atomic E-state index is 13.6. The van der Waals surface area contributed by atoms with Crippen LogP contribution in [0.1, 0.15) is 67.9 Å². The van der Waals surface area contributed by atoms with Gasteiger partial charge in [-0.05, 0) is 56.7 Å². The molecule has 2 aromatic carbocycles. The van der Waals surface area contributed by atoms with Gasteiger partial charge in [0.1, 0.15) is 17.5 Å². The third-order valence-electron chi connectivity index (χ3n) is 6.89. The van der Waals surface area contributed by atoms with Gasteiger partial charge in [0, 0.05) is 16.4 Å². The van der Waals surface area contributed by atoms with E-state index in [-0.39, 0.29) is 35.1 Å². The molecule has 2 heterocycles. The second-order valence-electron chi connectivity index (χ2n) is 10.4. The summed E-state index contributed by atoms with van der Waals surface area (Å²) in [6, 6.07) is 16.4. The van der Waals surface area contributed by atoms with Crippen LogP contribution in [0.3, 0.4) is 0 Å². The lowest BCUT2D eigenvalue weighted by molar-refractivity contribution is -0.133. The van der Waals surface area contributed by atoms with Crippen LogP contribution < -0.4 is 10.6 Å². The number of thioether (sulfide) groups is 1. The number of amides is 3. The molecule has 4 atom stereocenters. The van der Waals surface area contributed by atoms with Crippen molar-refractivity contribution >= 4 is 29.5 Å². The summed E-state index contributed by atoms with van der Waals surface area (Å²) >= 11 is 1.62. The Hall–Kier alpha value is -2.80. The van der Waals surface area contributed by atoms with E-state index in [0.29, 0.717) is 5.56 Å². The fourth-order valence-electron chi connectivity index (χ4n) is 5.00. The SMILES string of the molecule is CC(C)[C@H](NC(=O)[C@@H]1N2C(=O)c3ccccc3[C@@H]2SC1(C)C)C(=O)N[C@H](C)CCc1ccccc1. The number of benzene rings is 2. The first-order valence-electron chi connectivity index (χ1n) is 12.3. The number of hydrogen-bond acceptors (Lipinski definition) is 4. The van der Waals surface area contributed by atoms with Crippen molar-refractivity contribution in [3.63, 3.8) is 0 Å². The van der Waals surface area contributed by atoms with Crippen molar-refractivity contribution in [1.29, 1.82) is 0 Å². The van der Waals surface area contributed by atoms with Gasteiger partial charge in [0.15, 0.2) is 0 Å².